The number of nitrogens with two attached hydrogens (primary N) is 1. The van der Waals surface area contributed by atoms with Crippen LogP contribution in [0.2, 0.25) is 0 Å². The lowest BCUT2D eigenvalue weighted by molar-refractivity contribution is -0.144. The van der Waals surface area contributed by atoms with E-state index in [9.17, 15) is 30.7 Å². The molecule has 19 heavy (non-hydrogen) atoms. The zero-order chi connectivity index (χ0) is 15.0. The van der Waals surface area contributed by atoms with Gasteiger partial charge in [0.2, 0.25) is 0 Å². The Morgan fingerprint density at radius 2 is 1.58 bits per heavy atom. The first kappa shape index (κ1) is 15.7. The Hall–Kier alpha value is -1.31. The van der Waals surface area contributed by atoms with Crippen LogP contribution in [0.15, 0.2) is 12.1 Å². The van der Waals surface area contributed by atoms with Crippen molar-refractivity contribution < 1.29 is 30.7 Å². The molecule has 0 aliphatic rings. The van der Waals surface area contributed by atoms with E-state index in [-0.39, 0.29) is 18.6 Å². The first-order valence-corrected chi connectivity index (χ1v) is 5.21. The number of rotatable bonds is 2. The molecule has 0 unspecified atom stereocenters. The van der Waals surface area contributed by atoms with Crippen molar-refractivity contribution in [3.05, 3.63) is 34.6 Å². The van der Waals surface area contributed by atoms with E-state index in [2.05, 4.69) is 0 Å². The summed E-state index contributed by atoms with van der Waals surface area (Å²) in [5, 5.41) is 0. The zero-order valence-corrected chi connectivity index (χ0v) is 9.66. The number of alkyl halides is 6. The second-order valence-electron chi connectivity index (χ2n) is 3.93. The van der Waals surface area contributed by atoms with Gasteiger partial charge in [0.15, 0.2) is 0 Å². The lowest BCUT2D eigenvalue weighted by Gasteiger charge is -2.20. The summed E-state index contributed by atoms with van der Waals surface area (Å²) in [6.07, 6.45) is -10.2. The van der Waals surface area contributed by atoms with Crippen molar-refractivity contribution in [1.29, 1.82) is 0 Å². The Morgan fingerprint density at radius 1 is 1.05 bits per heavy atom. The average Bonchev–Trinajstić information content (AvgIpc) is 2.24. The van der Waals surface area contributed by atoms with Crippen molar-refractivity contribution in [3.63, 3.8) is 0 Å². The molecule has 0 amide bonds. The highest BCUT2D eigenvalue weighted by molar-refractivity contribution is 5.38. The molecular weight excluding hydrogens is 279 g/mol. The number of benzene rings is 1. The molecule has 0 aromatic heterocycles. The molecule has 2 N–H and O–H groups in total. The summed E-state index contributed by atoms with van der Waals surface area (Å²) in [6, 6.07) is -1.41. The van der Waals surface area contributed by atoms with Crippen molar-refractivity contribution in [2.45, 2.75) is 31.7 Å². The van der Waals surface area contributed by atoms with Crippen LogP contribution >= 0.6 is 0 Å². The molecule has 108 valence electrons. The number of hydrogen-bond acceptors (Lipinski definition) is 1. The van der Waals surface area contributed by atoms with Gasteiger partial charge in [-0.1, -0.05) is 6.92 Å². The molecule has 0 fully saturated rings. The van der Waals surface area contributed by atoms with Gasteiger partial charge in [0.05, 0.1) is 11.1 Å². The fourth-order valence-electron chi connectivity index (χ4n) is 1.60. The summed E-state index contributed by atoms with van der Waals surface area (Å²) in [5.74, 6) is -1.60. The van der Waals surface area contributed by atoms with E-state index in [1.807, 2.05) is 0 Å². The smallest absolute Gasteiger partial charge is 0.324 e. The van der Waals surface area contributed by atoms with Crippen LogP contribution in [-0.2, 0) is 12.4 Å². The second-order valence-corrected chi connectivity index (χ2v) is 3.93. The van der Waals surface area contributed by atoms with Gasteiger partial charge in [-0.25, -0.2) is 4.39 Å². The maximum absolute atomic E-state index is 13.5. The molecule has 0 aliphatic carbocycles. The Balaban J connectivity index is 3.58. The average molecular weight is 289 g/mol. The van der Waals surface area contributed by atoms with Gasteiger partial charge in [0.1, 0.15) is 5.82 Å². The van der Waals surface area contributed by atoms with Crippen molar-refractivity contribution in [2.75, 3.05) is 0 Å². The highest BCUT2D eigenvalue weighted by Crippen LogP contribution is 2.40. The molecule has 0 saturated carbocycles. The van der Waals surface area contributed by atoms with Gasteiger partial charge in [0, 0.05) is 11.6 Å². The highest BCUT2D eigenvalue weighted by atomic mass is 19.4. The third-order valence-corrected chi connectivity index (χ3v) is 2.57. The van der Waals surface area contributed by atoms with Crippen molar-refractivity contribution in [3.8, 4) is 0 Å². The van der Waals surface area contributed by atoms with E-state index in [4.69, 9.17) is 5.73 Å². The van der Waals surface area contributed by atoms with Crippen LogP contribution in [0, 0.1) is 5.82 Å². The van der Waals surface area contributed by atoms with E-state index in [1.54, 1.807) is 0 Å². The summed E-state index contributed by atoms with van der Waals surface area (Å²) in [6.45, 7) is 1.40. The molecule has 0 heterocycles. The first-order valence-electron chi connectivity index (χ1n) is 5.21. The van der Waals surface area contributed by atoms with E-state index >= 15 is 0 Å². The van der Waals surface area contributed by atoms with Gasteiger partial charge in [-0.05, 0) is 18.6 Å². The molecule has 0 bridgehead atoms. The predicted octanol–water partition coefficient (Wildman–Crippen LogP) is 4.27. The summed E-state index contributed by atoms with van der Waals surface area (Å²) in [7, 11) is 0. The van der Waals surface area contributed by atoms with Crippen LogP contribution in [-0.4, -0.2) is 0 Å². The molecule has 8 heteroatoms. The largest absolute Gasteiger partial charge is 0.416 e. The van der Waals surface area contributed by atoms with Crippen molar-refractivity contribution in [2.24, 2.45) is 5.73 Å². The molecular formula is C11H10F7N. The minimum atomic E-state index is -5.11. The lowest BCUT2D eigenvalue weighted by Crippen LogP contribution is -2.21. The Kier molecular flexibility index (Phi) is 4.14. The fraction of sp³-hybridized carbons (Fsp3) is 0.455. The minimum absolute atomic E-state index is 0.0279. The number of halogens is 7. The maximum Gasteiger partial charge on any atom is 0.416 e. The Bertz CT molecular complexity index is 461. The van der Waals surface area contributed by atoms with Gasteiger partial charge in [0.25, 0.3) is 0 Å². The van der Waals surface area contributed by atoms with Crippen LogP contribution < -0.4 is 5.73 Å². The topological polar surface area (TPSA) is 26.0 Å². The van der Waals surface area contributed by atoms with Crippen LogP contribution in [0.4, 0.5) is 30.7 Å². The van der Waals surface area contributed by atoms with Crippen molar-refractivity contribution in [1.82, 2.24) is 0 Å². The van der Waals surface area contributed by atoms with E-state index in [1.165, 1.54) is 6.92 Å². The van der Waals surface area contributed by atoms with E-state index < -0.39 is 40.9 Å². The molecule has 0 radical (unpaired) electrons. The van der Waals surface area contributed by atoms with Gasteiger partial charge in [-0.15, -0.1) is 0 Å². The van der Waals surface area contributed by atoms with Crippen LogP contribution in [0.3, 0.4) is 0 Å². The second kappa shape index (κ2) is 4.99. The van der Waals surface area contributed by atoms with Gasteiger partial charge in [-0.2, -0.15) is 26.3 Å². The molecule has 1 aromatic carbocycles. The molecule has 0 saturated heterocycles. The fourth-order valence-corrected chi connectivity index (χ4v) is 1.60. The van der Waals surface area contributed by atoms with Crippen LogP contribution in [0.5, 0.6) is 0 Å². The number of hydrogen-bond donors (Lipinski definition) is 1. The van der Waals surface area contributed by atoms with Gasteiger partial charge >= 0.3 is 12.4 Å². The molecule has 1 nitrogen and oxygen atoms in total. The van der Waals surface area contributed by atoms with Gasteiger partial charge < -0.3 is 5.73 Å². The highest BCUT2D eigenvalue weighted by Gasteiger charge is 2.40. The minimum Gasteiger partial charge on any atom is -0.324 e. The predicted molar refractivity (Wildman–Crippen MR) is 53.6 cm³/mol. The molecule has 0 spiro atoms. The zero-order valence-electron chi connectivity index (χ0n) is 9.66. The van der Waals surface area contributed by atoms with Crippen molar-refractivity contribution >= 4 is 0 Å². The van der Waals surface area contributed by atoms with Crippen LogP contribution in [0.1, 0.15) is 36.1 Å². The molecule has 1 atom stereocenters. The van der Waals surface area contributed by atoms with Crippen LogP contribution in [0.25, 0.3) is 0 Å². The summed E-state index contributed by atoms with van der Waals surface area (Å²) in [4.78, 5) is 0. The Labute approximate surface area is 104 Å². The maximum atomic E-state index is 13.5. The first-order chi connectivity index (χ1) is 8.48. The molecule has 1 aromatic rings. The normalized spacial score (nSPS) is 14.6. The quantitative estimate of drug-likeness (QED) is 0.808. The third-order valence-electron chi connectivity index (χ3n) is 2.57. The monoisotopic (exact) mass is 289 g/mol. The summed E-state index contributed by atoms with van der Waals surface area (Å²) in [5.41, 5.74) is 1.01. The van der Waals surface area contributed by atoms with Gasteiger partial charge in [-0.3, -0.25) is 0 Å². The van der Waals surface area contributed by atoms with E-state index in [0.717, 1.165) is 0 Å². The molecule has 0 aliphatic heterocycles. The third kappa shape index (κ3) is 3.37. The lowest BCUT2D eigenvalue weighted by atomic mass is 9.95. The molecule has 1 rings (SSSR count). The Morgan fingerprint density at radius 3 is 1.95 bits per heavy atom. The summed E-state index contributed by atoms with van der Waals surface area (Å²) >= 11 is 0. The van der Waals surface area contributed by atoms with E-state index in [0.29, 0.717) is 0 Å². The SMILES string of the molecule is CC[C@H](N)c1c(F)cc(C(F)(F)F)cc1C(F)(F)F. The summed E-state index contributed by atoms with van der Waals surface area (Å²) < 4.78 is 88.8. The standard InChI is InChI=1S/C11H10F7N/c1-2-8(19)9-6(11(16,17)18)3-5(4-7(9)12)10(13,14)15/h3-4,8H,2,19H2,1H3/t8-/m0/s1.